The van der Waals surface area contributed by atoms with Gasteiger partial charge in [0, 0.05) is 35.8 Å². The lowest BCUT2D eigenvalue weighted by atomic mass is 9.81. The predicted octanol–water partition coefficient (Wildman–Crippen LogP) is 3.82. The van der Waals surface area contributed by atoms with Crippen LogP contribution in [0.5, 0.6) is 0 Å². The summed E-state index contributed by atoms with van der Waals surface area (Å²) < 4.78 is 16.3. The smallest absolute Gasteiger partial charge is 0.251 e. The molecule has 0 spiro atoms. The Morgan fingerprint density at radius 1 is 1.27 bits per heavy atom. The van der Waals surface area contributed by atoms with E-state index < -0.39 is 0 Å². The molecule has 2 aromatic heterocycles. The summed E-state index contributed by atoms with van der Waals surface area (Å²) in [5.41, 5.74) is 2.36. The van der Waals surface area contributed by atoms with Crippen molar-refractivity contribution in [3.63, 3.8) is 0 Å². The molecule has 1 aliphatic rings. The van der Waals surface area contributed by atoms with Gasteiger partial charge in [-0.15, -0.1) is 0 Å². The number of amides is 1. The molecule has 1 amide bonds. The molecule has 4 rings (SSSR count). The number of pyridine rings is 1. The van der Waals surface area contributed by atoms with Gasteiger partial charge in [0.05, 0.1) is 17.1 Å². The topological polar surface area (TPSA) is 79.8 Å². The molecule has 2 N–H and O–H groups in total. The van der Waals surface area contributed by atoms with Gasteiger partial charge in [-0.3, -0.25) is 14.3 Å². The van der Waals surface area contributed by atoms with E-state index in [1.807, 2.05) is 25.1 Å². The molecule has 2 atom stereocenters. The molecule has 7 heteroatoms. The van der Waals surface area contributed by atoms with Crippen molar-refractivity contribution >= 4 is 16.8 Å². The minimum absolute atomic E-state index is 0.0163. The van der Waals surface area contributed by atoms with Gasteiger partial charge in [0.15, 0.2) is 0 Å². The molecule has 0 aliphatic carbocycles. The average Bonchev–Trinajstić information content (AvgIpc) is 3.32. The largest absolute Gasteiger partial charge is 0.356 e. The lowest BCUT2D eigenvalue weighted by Crippen LogP contribution is -2.25. The molecule has 1 fully saturated rings. The van der Waals surface area contributed by atoms with Gasteiger partial charge in [0.2, 0.25) is 5.91 Å². The van der Waals surface area contributed by atoms with Crippen LogP contribution in [0.1, 0.15) is 45.1 Å². The van der Waals surface area contributed by atoms with Crippen LogP contribution in [0.15, 0.2) is 35.3 Å². The number of nitrogens with one attached hydrogen (secondary N) is 2. The molecule has 1 aromatic carbocycles. The third-order valence-electron chi connectivity index (χ3n) is 6.17. The molecule has 6 nitrogen and oxygen atoms in total. The van der Waals surface area contributed by atoms with Crippen molar-refractivity contribution in [1.29, 1.82) is 0 Å². The van der Waals surface area contributed by atoms with Crippen LogP contribution in [-0.2, 0) is 11.3 Å². The molecular formula is C23H27FN4O2. The molecule has 3 heterocycles. The standard InChI is InChI=1S/C23H27FN4O2/c1-4-28-21-11-15(10-19(24)18(21)12-26-28)20-6-5-16(23(30)27-20)17(13(2)3)9-14-7-8-25-22(14)29/h5-6,10-14,17H,4,7-9H2,1-3H3,(H,25,29)(H,27,30). The van der Waals surface area contributed by atoms with Gasteiger partial charge in [-0.1, -0.05) is 19.9 Å². The number of carbonyl (C=O) groups is 1. The summed E-state index contributed by atoms with van der Waals surface area (Å²) in [6.45, 7) is 7.42. The van der Waals surface area contributed by atoms with Gasteiger partial charge in [-0.2, -0.15) is 5.10 Å². The van der Waals surface area contributed by atoms with E-state index >= 15 is 0 Å². The molecule has 0 radical (unpaired) electrons. The number of hydrogen-bond acceptors (Lipinski definition) is 3. The Labute approximate surface area is 174 Å². The zero-order valence-corrected chi connectivity index (χ0v) is 17.5. The van der Waals surface area contributed by atoms with E-state index in [0.29, 0.717) is 47.2 Å². The van der Waals surface area contributed by atoms with Gasteiger partial charge in [-0.05, 0) is 49.8 Å². The second-order valence-corrected chi connectivity index (χ2v) is 8.37. The first-order chi connectivity index (χ1) is 14.4. The number of aromatic nitrogens is 3. The quantitative estimate of drug-likeness (QED) is 0.648. The molecule has 2 unspecified atom stereocenters. The van der Waals surface area contributed by atoms with Crippen molar-refractivity contribution < 1.29 is 9.18 Å². The van der Waals surface area contributed by atoms with E-state index in [9.17, 15) is 14.0 Å². The lowest BCUT2D eigenvalue weighted by molar-refractivity contribution is -0.122. The maximum absolute atomic E-state index is 14.6. The highest BCUT2D eigenvalue weighted by Crippen LogP contribution is 2.33. The van der Waals surface area contributed by atoms with Crippen LogP contribution in [0.2, 0.25) is 0 Å². The zero-order valence-electron chi connectivity index (χ0n) is 17.5. The fourth-order valence-electron chi connectivity index (χ4n) is 4.42. The Hall–Kier alpha value is -2.96. The number of halogens is 1. The second kappa shape index (κ2) is 8.05. The minimum atomic E-state index is -0.362. The van der Waals surface area contributed by atoms with E-state index in [1.165, 1.54) is 12.3 Å². The number of hydrogen-bond donors (Lipinski definition) is 2. The molecule has 1 saturated heterocycles. The number of nitrogens with zero attached hydrogens (tertiary/aromatic N) is 2. The van der Waals surface area contributed by atoms with Gasteiger partial charge >= 0.3 is 0 Å². The molecule has 1 aliphatic heterocycles. The number of benzene rings is 1. The van der Waals surface area contributed by atoms with Gasteiger partial charge in [0.1, 0.15) is 5.82 Å². The molecule has 0 bridgehead atoms. The van der Waals surface area contributed by atoms with E-state index in [2.05, 4.69) is 29.2 Å². The summed E-state index contributed by atoms with van der Waals surface area (Å²) in [6, 6.07) is 6.93. The second-order valence-electron chi connectivity index (χ2n) is 8.37. The Morgan fingerprint density at radius 2 is 2.07 bits per heavy atom. The van der Waals surface area contributed by atoms with Crippen LogP contribution in [-0.4, -0.2) is 27.2 Å². The Kier molecular flexibility index (Phi) is 5.45. The highest BCUT2D eigenvalue weighted by Gasteiger charge is 2.30. The van der Waals surface area contributed by atoms with E-state index in [1.54, 1.807) is 4.68 Å². The Bertz CT molecular complexity index is 1150. The SMILES string of the molecule is CCn1ncc2c(F)cc(-c3ccc(C(CC4CCNC4=O)C(C)C)c(=O)[nH]3)cc21. The van der Waals surface area contributed by atoms with Crippen LogP contribution in [0, 0.1) is 17.7 Å². The minimum Gasteiger partial charge on any atom is -0.356 e. The van der Waals surface area contributed by atoms with Crippen LogP contribution in [0.3, 0.4) is 0 Å². The van der Waals surface area contributed by atoms with E-state index in [4.69, 9.17) is 0 Å². The summed E-state index contributed by atoms with van der Waals surface area (Å²) in [6.07, 6.45) is 2.99. The lowest BCUT2D eigenvalue weighted by Gasteiger charge is -2.23. The van der Waals surface area contributed by atoms with Crippen molar-refractivity contribution in [2.75, 3.05) is 6.54 Å². The van der Waals surface area contributed by atoms with Crippen molar-refractivity contribution in [3.8, 4) is 11.3 Å². The molecule has 0 saturated carbocycles. The fraction of sp³-hybridized carbons (Fsp3) is 0.435. The summed E-state index contributed by atoms with van der Waals surface area (Å²) in [7, 11) is 0. The normalized spacial score (nSPS) is 17.6. The number of H-pyrrole nitrogens is 1. The first-order valence-electron chi connectivity index (χ1n) is 10.6. The highest BCUT2D eigenvalue weighted by atomic mass is 19.1. The van der Waals surface area contributed by atoms with Crippen molar-refractivity contribution in [1.82, 2.24) is 20.1 Å². The zero-order chi connectivity index (χ0) is 21.4. The molecule has 30 heavy (non-hydrogen) atoms. The number of rotatable bonds is 6. The summed E-state index contributed by atoms with van der Waals surface area (Å²) >= 11 is 0. The van der Waals surface area contributed by atoms with E-state index in [-0.39, 0.29) is 35.0 Å². The van der Waals surface area contributed by atoms with Crippen LogP contribution in [0.4, 0.5) is 4.39 Å². The molecular weight excluding hydrogens is 383 g/mol. The van der Waals surface area contributed by atoms with Crippen LogP contribution >= 0.6 is 0 Å². The molecule has 3 aromatic rings. The number of aromatic amines is 1. The van der Waals surface area contributed by atoms with E-state index in [0.717, 1.165) is 6.42 Å². The van der Waals surface area contributed by atoms with Crippen molar-refractivity contribution in [2.45, 2.75) is 46.1 Å². The summed E-state index contributed by atoms with van der Waals surface area (Å²) in [5.74, 6) is -0.137. The summed E-state index contributed by atoms with van der Waals surface area (Å²) in [4.78, 5) is 27.9. The third-order valence-corrected chi connectivity index (χ3v) is 6.17. The van der Waals surface area contributed by atoms with Crippen molar-refractivity contribution in [3.05, 3.63) is 52.2 Å². The van der Waals surface area contributed by atoms with Crippen LogP contribution < -0.4 is 10.9 Å². The fourth-order valence-corrected chi connectivity index (χ4v) is 4.42. The van der Waals surface area contributed by atoms with Crippen LogP contribution in [0.25, 0.3) is 22.2 Å². The van der Waals surface area contributed by atoms with Crippen molar-refractivity contribution in [2.24, 2.45) is 11.8 Å². The van der Waals surface area contributed by atoms with Gasteiger partial charge in [0.25, 0.3) is 5.56 Å². The first-order valence-corrected chi connectivity index (χ1v) is 10.6. The maximum Gasteiger partial charge on any atom is 0.251 e. The highest BCUT2D eigenvalue weighted by molar-refractivity contribution is 5.84. The van der Waals surface area contributed by atoms with Gasteiger partial charge < -0.3 is 10.3 Å². The third kappa shape index (κ3) is 3.64. The first kappa shape index (κ1) is 20.3. The number of fused-ring (bicyclic) bond motifs is 1. The average molecular weight is 410 g/mol. The summed E-state index contributed by atoms with van der Waals surface area (Å²) in [5, 5.41) is 7.55. The Morgan fingerprint density at radius 3 is 2.70 bits per heavy atom. The Balaban J connectivity index is 1.69. The maximum atomic E-state index is 14.6. The predicted molar refractivity (Wildman–Crippen MR) is 115 cm³/mol. The molecule has 158 valence electrons. The van der Waals surface area contributed by atoms with Gasteiger partial charge in [-0.25, -0.2) is 4.39 Å². The monoisotopic (exact) mass is 410 g/mol. The number of carbonyl (C=O) groups excluding carboxylic acids is 1. The number of aryl methyl sites for hydroxylation is 1.